The third-order valence-corrected chi connectivity index (χ3v) is 3.95. The van der Waals surface area contributed by atoms with E-state index in [-0.39, 0.29) is 19.6 Å². The molecule has 0 aliphatic carbocycles. The summed E-state index contributed by atoms with van der Waals surface area (Å²) in [6.07, 6.45) is 0.127. The van der Waals surface area contributed by atoms with Crippen LogP contribution in [0.2, 0.25) is 10.0 Å². The number of halogens is 2. The molecule has 0 saturated carbocycles. The van der Waals surface area contributed by atoms with Gasteiger partial charge in [0, 0.05) is 17.3 Å². The molecule has 0 fully saturated rings. The summed E-state index contributed by atoms with van der Waals surface area (Å²) in [7, 11) is 0. The summed E-state index contributed by atoms with van der Waals surface area (Å²) in [5.74, 6) is -0.842. The molecule has 27 heavy (non-hydrogen) atoms. The van der Waals surface area contributed by atoms with Gasteiger partial charge >= 0.3 is 5.97 Å². The van der Waals surface area contributed by atoms with Gasteiger partial charge in [-0.05, 0) is 30.3 Å². The largest absolute Gasteiger partial charge is 0.480 e. The molecule has 2 rings (SSSR count). The fourth-order valence-electron chi connectivity index (χ4n) is 2.16. The zero-order valence-electron chi connectivity index (χ0n) is 14.2. The van der Waals surface area contributed by atoms with Crippen molar-refractivity contribution in [2.45, 2.75) is 6.42 Å². The number of amides is 1. The Labute approximate surface area is 166 Å². The number of rotatable bonds is 8. The van der Waals surface area contributed by atoms with E-state index in [1.807, 2.05) is 6.07 Å². The minimum absolute atomic E-state index is 0.127. The van der Waals surface area contributed by atoms with Crippen molar-refractivity contribution >= 4 is 40.8 Å². The van der Waals surface area contributed by atoms with Crippen molar-refractivity contribution in [2.24, 2.45) is 0 Å². The number of nitriles is 1. The van der Waals surface area contributed by atoms with E-state index in [1.54, 1.807) is 48.5 Å². The van der Waals surface area contributed by atoms with E-state index in [4.69, 9.17) is 37.9 Å². The van der Waals surface area contributed by atoms with Crippen LogP contribution in [-0.2, 0) is 14.3 Å². The lowest BCUT2D eigenvalue weighted by Crippen LogP contribution is -2.36. The number of hydrogen-bond acceptors (Lipinski definition) is 5. The molecular formula is C19H16Cl2N2O4. The first-order chi connectivity index (χ1) is 13.0. The van der Waals surface area contributed by atoms with Gasteiger partial charge in [-0.2, -0.15) is 5.26 Å². The third kappa shape index (κ3) is 6.48. The van der Waals surface area contributed by atoms with Crippen molar-refractivity contribution in [3.8, 4) is 11.8 Å². The molecule has 0 atom stereocenters. The fraction of sp³-hybridized carbons (Fsp3) is 0.211. The van der Waals surface area contributed by atoms with Crippen LogP contribution in [0.15, 0.2) is 48.5 Å². The van der Waals surface area contributed by atoms with Gasteiger partial charge in [0.1, 0.15) is 5.75 Å². The molecule has 0 radical (unpaired) electrons. The minimum Gasteiger partial charge on any atom is -0.480 e. The molecule has 1 amide bonds. The summed E-state index contributed by atoms with van der Waals surface area (Å²) in [6, 6.07) is 15.3. The number of benzene rings is 2. The molecule has 140 valence electrons. The van der Waals surface area contributed by atoms with Gasteiger partial charge in [0.05, 0.1) is 17.5 Å². The molecule has 2 aromatic carbocycles. The maximum absolute atomic E-state index is 12.4. The highest BCUT2D eigenvalue weighted by Crippen LogP contribution is 2.23. The molecule has 0 N–H and O–H groups in total. The van der Waals surface area contributed by atoms with E-state index in [0.29, 0.717) is 21.5 Å². The average molecular weight is 407 g/mol. The standard InChI is InChI=1S/C19H16Cl2N2O4/c20-14-5-3-6-15(11-14)23(10-4-9-22)18(24)12-27-19(25)13-26-17-8-2-1-7-16(17)21/h1-3,5-8,11H,4,10,12-13H2. The SMILES string of the molecule is N#CCCN(C(=O)COC(=O)COc1ccccc1Cl)c1cccc(Cl)c1. The topological polar surface area (TPSA) is 79.6 Å². The van der Waals surface area contributed by atoms with Crippen LogP contribution in [-0.4, -0.2) is 31.6 Å². The lowest BCUT2D eigenvalue weighted by atomic mass is 10.2. The Hall–Kier alpha value is -2.75. The number of para-hydroxylation sites is 1. The Morgan fingerprint density at radius 1 is 1.07 bits per heavy atom. The second-order valence-electron chi connectivity index (χ2n) is 5.31. The van der Waals surface area contributed by atoms with Crippen molar-refractivity contribution in [1.29, 1.82) is 5.26 Å². The maximum atomic E-state index is 12.4. The normalized spacial score (nSPS) is 9.96. The van der Waals surface area contributed by atoms with E-state index in [2.05, 4.69) is 0 Å². The van der Waals surface area contributed by atoms with Gasteiger partial charge in [0.15, 0.2) is 13.2 Å². The highest BCUT2D eigenvalue weighted by Gasteiger charge is 2.18. The van der Waals surface area contributed by atoms with Gasteiger partial charge in [-0.3, -0.25) is 4.79 Å². The van der Waals surface area contributed by atoms with Crippen molar-refractivity contribution in [1.82, 2.24) is 0 Å². The number of nitrogens with zero attached hydrogens (tertiary/aromatic N) is 2. The number of carbonyl (C=O) groups is 2. The van der Waals surface area contributed by atoms with E-state index >= 15 is 0 Å². The Kier molecular flexibility index (Phi) is 7.93. The lowest BCUT2D eigenvalue weighted by molar-refractivity contribution is -0.149. The first-order valence-corrected chi connectivity index (χ1v) is 8.72. The molecule has 0 heterocycles. The quantitative estimate of drug-likeness (QED) is 0.621. The van der Waals surface area contributed by atoms with Crippen LogP contribution >= 0.6 is 23.2 Å². The number of ether oxygens (including phenoxy) is 2. The van der Waals surface area contributed by atoms with Gasteiger partial charge in [0.2, 0.25) is 0 Å². The first kappa shape index (κ1) is 20.6. The van der Waals surface area contributed by atoms with E-state index < -0.39 is 18.5 Å². The van der Waals surface area contributed by atoms with Crippen LogP contribution in [0, 0.1) is 11.3 Å². The molecule has 8 heteroatoms. The number of esters is 1. The number of hydrogen-bond donors (Lipinski definition) is 0. The molecule has 0 unspecified atom stereocenters. The van der Waals surface area contributed by atoms with Gasteiger partial charge in [-0.25, -0.2) is 4.79 Å². The summed E-state index contributed by atoms with van der Waals surface area (Å²) in [6.45, 7) is -0.710. The highest BCUT2D eigenvalue weighted by molar-refractivity contribution is 6.32. The van der Waals surface area contributed by atoms with Gasteiger partial charge < -0.3 is 14.4 Å². The Balaban J connectivity index is 1.91. The fourth-order valence-corrected chi connectivity index (χ4v) is 2.54. The van der Waals surface area contributed by atoms with Crippen molar-refractivity contribution in [3.63, 3.8) is 0 Å². The average Bonchev–Trinajstić information content (AvgIpc) is 2.66. The van der Waals surface area contributed by atoms with E-state index in [0.717, 1.165) is 0 Å². The van der Waals surface area contributed by atoms with Crippen LogP contribution in [0.3, 0.4) is 0 Å². The van der Waals surface area contributed by atoms with Gasteiger partial charge in [-0.1, -0.05) is 41.4 Å². The predicted molar refractivity (Wildman–Crippen MR) is 102 cm³/mol. The molecule has 0 bridgehead atoms. The van der Waals surface area contributed by atoms with Crippen LogP contribution in [0.1, 0.15) is 6.42 Å². The Bertz CT molecular complexity index is 852. The zero-order chi connectivity index (χ0) is 19.6. The smallest absolute Gasteiger partial charge is 0.344 e. The molecule has 0 saturated heterocycles. The molecule has 0 spiro atoms. The molecule has 0 aromatic heterocycles. The molecule has 0 aliphatic heterocycles. The summed E-state index contributed by atoms with van der Waals surface area (Å²) in [5, 5.41) is 9.61. The van der Waals surface area contributed by atoms with Crippen LogP contribution in [0.4, 0.5) is 5.69 Å². The molecule has 0 aliphatic rings. The third-order valence-electron chi connectivity index (χ3n) is 3.41. The second-order valence-corrected chi connectivity index (χ2v) is 6.16. The minimum atomic E-state index is -0.713. The van der Waals surface area contributed by atoms with Crippen molar-refractivity contribution in [3.05, 3.63) is 58.6 Å². The summed E-state index contributed by atoms with van der Waals surface area (Å²) in [4.78, 5) is 25.6. The van der Waals surface area contributed by atoms with Gasteiger partial charge in [0.25, 0.3) is 5.91 Å². The van der Waals surface area contributed by atoms with E-state index in [9.17, 15) is 9.59 Å². The molecular weight excluding hydrogens is 391 g/mol. The van der Waals surface area contributed by atoms with Crippen molar-refractivity contribution in [2.75, 3.05) is 24.7 Å². The maximum Gasteiger partial charge on any atom is 0.344 e. The first-order valence-electron chi connectivity index (χ1n) is 7.97. The predicted octanol–water partition coefficient (Wildman–Crippen LogP) is 3.86. The summed E-state index contributed by atoms with van der Waals surface area (Å²) >= 11 is 11.9. The number of anilines is 1. The highest BCUT2D eigenvalue weighted by atomic mass is 35.5. The Morgan fingerprint density at radius 2 is 1.85 bits per heavy atom. The van der Waals surface area contributed by atoms with Gasteiger partial charge in [-0.15, -0.1) is 0 Å². The summed E-state index contributed by atoms with van der Waals surface area (Å²) < 4.78 is 10.2. The van der Waals surface area contributed by atoms with Crippen LogP contribution in [0.25, 0.3) is 0 Å². The second kappa shape index (κ2) is 10.4. The summed E-state index contributed by atoms with van der Waals surface area (Å²) in [5.41, 5.74) is 0.520. The Morgan fingerprint density at radius 3 is 2.56 bits per heavy atom. The zero-order valence-corrected chi connectivity index (χ0v) is 15.7. The van der Waals surface area contributed by atoms with Crippen molar-refractivity contribution < 1.29 is 19.1 Å². The van der Waals surface area contributed by atoms with E-state index in [1.165, 1.54) is 4.90 Å². The van der Waals surface area contributed by atoms with Crippen LogP contribution in [0.5, 0.6) is 5.75 Å². The molecule has 2 aromatic rings. The number of carbonyl (C=O) groups excluding carboxylic acids is 2. The lowest BCUT2D eigenvalue weighted by Gasteiger charge is -2.21. The van der Waals surface area contributed by atoms with Crippen LogP contribution < -0.4 is 9.64 Å². The molecule has 6 nitrogen and oxygen atoms in total. The monoisotopic (exact) mass is 406 g/mol.